The van der Waals surface area contributed by atoms with E-state index in [2.05, 4.69) is 6.92 Å². The average molecular weight is 211 g/mol. The minimum atomic E-state index is -3.06. The van der Waals surface area contributed by atoms with E-state index >= 15 is 0 Å². The lowest BCUT2D eigenvalue weighted by molar-refractivity contribution is 0.594. The highest BCUT2D eigenvalue weighted by atomic mass is 32.2. The predicted molar refractivity (Wildman–Crippen MR) is 57.8 cm³/mol. The van der Waals surface area contributed by atoms with Gasteiger partial charge in [-0.1, -0.05) is 19.1 Å². The molecule has 1 aromatic carbocycles. The number of hydrogen-bond acceptors (Lipinski definition) is 2. The molecule has 0 amide bonds. The van der Waals surface area contributed by atoms with Gasteiger partial charge in [-0.25, -0.2) is 8.42 Å². The molecule has 0 saturated heterocycles. The fourth-order valence-electron chi connectivity index (χ4n) is 1.25. The molecule has 0 unspecified atom stereocenters. The van der Waals surface area contributed by atoms with Crippen LogP contribution in [0.4, 0.5) is 0 Å². The van der Waals surface area contributed by atoms with Gasteiger partial charge in [-0.05, 0) is 37.5 Å². The van der Waals surface area contributed by atoms with Crippen LogP contribution in [0.5, 0.6) is 0 Å². The van der Waals surface area contributed by atoms with Crippen molar-refractivity contribution in [1.29, 1.82) is 0 Å². The van der Waals surface area contributed by atoms with Gasteiger partial charge in [0.15, 0.2) is 9.84 Å². The molecule has 2 nitrogen and oxygen atoms in total. The topological polar surface area (TPSA) is 34.1 Å². The van der Waals surface area contributed by atoms with Gasteiger partial charge in [0.05, 0.1) is 10.6 Å². The van der Waals surface area contributed by atoms with E-state index in [0.29, 0.717) is 17.7 Å². The molecule has 0 fully saturated rings. The monoisotopic (exact) mass is 211 g/mol. The lowest BCUT2D eigenvalue weighted by Gasteiger charge is -2.03. The van der Waals surface area contributed by atoms with Crippen molar-refractivity contribution >= 4 is 9.84 Å². The molecule has 0 heterocycles. The molecule has 0 N–H and O–H groups in total. The fourth-order valence-corrected chi connectivity index (χ4v) is 2.57. The van der Waals surface area contributed by atoms with Crippen molar-refractivity contribution in [3.63, 3.8) is 0 Å². The van der Waals surface area contributed by atoms with Gasteiger partial charge < -0.3 is 0 Å². The molecular formula is C11H15O2S. The summed E-state index contributed by atoms with van der Waals surface area (Å²) < 4.78 is 23.2. The van der Waals surface area contributed by atoms with Crippen molar-refractivity contribution in [2.45, 2.75) is 24.7 Å². The Balaban J connectivity index is 2.97. The molecule has 0 saturated carbocycles. The summed E-state index contributed by atoms with van der Waals surface area (Å²) in [6, 6.07) is 6.95. The summed E-state index contributed by atoms with van der Waals surface area (Å²) >= 11 is 0. The van der Waals surface area contributed by atoms with Gasteiger partial charge in [-0.15, -0.1) is 0 Å². The molecule has 1 aromatic rings. The van der Waals surface area contributed by atoms with Crippen molar-refractivity contribution < 1.29 is 8.42 Å². The van der Waals surface area contributed by atoms with Gasteiger partial charge in [-0.3, -0.25) is 0 Å². The summed E-state index contributed by atoms with van der Waals surface area (Å²) in [5.41, 5.74) is 1.06. The standard InChI is InChI=1S/C11H15O2S/c1-3-9-14(12,13)11-7-5-10(4-2)6-8-11/h5-8H,2-4,9H2,1H3. The van der Waals surface area contributed by atoms with E-state index in [1.54, 1.807) is 12.1 Å². The molecular weight excluding hydrogens is 196 g/mol. The van der Waals surface area contributed by atoms with Crippen LogP contribution >= 0.6 is 0 Å². The van der Waals surface area contributed by atoms with Gasteiger partial charge in [0.25, 0.3) is 0 Å². The highest BCUT2D eigenvalue weighted by Crippen LogP contribution is 2.13. The minimum Gasteiger partial charge on any atom is -0.224 e. The molecule has 0 aliphatic carbocycles. The average Bonchev–Trinajstić information content (AvgIpc) is 2.18. The Kier molecular flexibility index (Phi) is 3.69. The first-order chi connectivity index (χ1) is 6.60. The second-order valence-corrected chi connectivity index (χ2v) is 5.32. The van der Waals surface area contributed by atoms with Crippen LogP contribution < -0.4 is 0 Å². The Morgan fingerprint density at radius 3 is 2.21 bits per heavy atom. The predicted octanol–water partition coefficient (Wildman–Crippen LogP) is 2.25. The van der Waals surface area contributed by atoms with Crippen LogP contribution in [0.2, 0.25) is 0 Å². The molecule has 0 spiro atoms. The number of benzene rings is 1. The van der Waals surface area contributed by atoms with Crippen LogP contribution in [0.25, 0.3) is 0 Å². The second-order valence-electron chi connectivity index (χ2n) is 3.21. The Bertz CT molecular complexity index is 376. The number of rotatable bonds is 4. The molecule has 0 atom stereocenters. The largest absolute Gasteiger partial charge is 0.224 e. The van der Waals surface area contributed by atoms with E-state index in [4.69, 9.17) is 0 Å². The Morgan fingerprint density at radius 2 is 1.79 bits per heavy atom. The molecule has 0 aromatic heterocycles. The third kappa shape index (κ3) is 2.58. The Morgan fingerprint density at radius 1 is 1.21 bits per heavy atom. The van der Waals surface area contributed by atoms with Crippen LogP contribution in [-0.2, 0) is 16.3 Å². The quantitative estimate of drug-likeness (QED) is 0.765. The number of hydrogen-bond donors (Lipinski definition) is 0. The zero-order valence-corrected chi connectivity index (χ0v) is 9.18. The Labute approximate surface area is 85.9 Å². The van der Waals surface area contributed by atoms with Gasteiger partial charge in [0, 0.05) is 0 Å². The van der Waals surface area contributed by atoms with Crippen molar-refractivity contribution in [3.8, 4) is 0 Å². The normalized spacial score (nSPS) is 11.6. The van der Waals surface area contributed by atoms with E-state index in [1.165, 1.54) is 0 Å². The van der Waals surface area contributed by atoms with Crippen LogP contribution in [0, 0.1) is 6.92 Å². The first-order valence-electron chi connectivity index (χ1n) is 4.71. The van der Waals surface area contributed by atoms with E-state index in [0.717, 1.165) is 5.56 Å². The van der Waals surface area contributed by atoms with E-state index in [1.807, 2.05) is 19.1 Å². The molecule has 1 rings (SSSR count). The maximum atomic E-state index is 11.6. The van der Waals surface area contributed by atoms with Crippen molar-refractivity contribution in [2.75, 3.05) is 5.75 Å². The molecule has 1 radical (unpaired) electrons. The van der Waals surface area contributed by atoms with E-state index < -0.39 is 9.84 Å². The van der Waals surface area contributed by atoms with Crippen LogP contribution in [-0.4, -0.2) is 14.2 Å². The highest BCUT2D eigenvalue weighted by Gasteiger charge is 2.11. The molecule has 3 heteroatoms. The second kappa shape index (κ2) is 4.60. The summed E-state index contributed by atoms with van der Waals surface area (Å²) in [7, 11) is -3.06. The lowest BCUT2D eigenvalue weighted by atomic mass is 10.2. The van der Waals surface area contributed by atoms with E-state index in [9.17, 15) is 8.42 Å². The third-order valence-electron chi connectivity index (χ3n) is 2.04. The van der Waals surface area contributed by atoms with Crippen molar-refractivity contribution in [2.24, 2.45) is 0 Å². The van der Waals surface area contributed by atoms with Crippen LogP contribution in [0.15, 0.2) is 29.2 Å². The summed E-state index contributed by atoms with van der Waals surface area (Å²) in [5, 5.41) is 0. The molecule has 14 heavy (non-hydrogen) atoms. The first kappa shape index (κ1) is 11.2. The zero-order chi connectivity index (χ0) is 10.6. The molecule has 77 valence electrons. The van der Waals surface area contributed by atoms with Crippen LogP contribution in [0.1, 0.15) is 18.9 Å². The summed E-state index contributed by atoms with van der Waals surface area (Å²) in [6.07, 6.45) is 1.34. The lowest BCUT2D eigenvalue weighted by Crippen LogP contribution is -2.05. The van der Waals surface area contributed by atoms with Gasteiger partial charge >= 0.3 is 0 Å². The molecule has 0 aliphatic rings. The first-order valence-corrected chi connectivity index (χ1v) is 6.36. The smallest absolute Gasteiger partial charge is 0.178 e. The van der Waals surface area contributed by atoms with Gasteiger partial charge in [0.1, 0.15) is 0 Å². The zero-order valence-electron chi connectivity index (χ0n) is 8.36. The maximum absolute atomic E-state index is 11.6. The van der Waals surface area contributed by atoms with Crippen molar-refractivity contribution in [3.05, 3.63) is 36.8 Å². The molecule has 0 aliphatic heterocycles. The Hall–Kier alpha value is -0.830. The summed E-state index contributed by atoms with van der Waals surface area (Å²) in [6.45, 7) is 5.60. The SMILES string of the molecule is [CH2]Cc1ccc(S(=O)(=O)CCC)cc1. The fraction of sp³-hybridized carbons (Fsp3) is 0.364. The highest BCUT2D eigenvalue weighted by molar-refractivity contribution is 7.91. The van der Waals surface area contributed by atoms with E-state index in [-0.39, 0.29) is 5.75 Å². The minimum absolute atomic E-state index is 0.219. The van der Waals surface area contributed by atoms with Crippen LogP contribution in [0.3, 0.4) is 0 Å². The third-order valence-corrected chi connectivity index (χ3v) is 3.98. The molecule has 0 bridgehead atoms. The van der Waals surface area contributed by atoms with Gasteiger partial charge in [0.2, 0.25) is 0 Å². The maximum Gasteiger partial charge on any atom is 0.178 e. The van der Waals surface area contributed by atoms with Gasteiger partial charge in [-0.2, -0.15) is 0 Å². The summed E-state index contributed by atoms with van der Waals surface area (Å²) in [5.74, 6) is 0.219. The summed E-state index contributed by atoms with van der Waals surface area (Å²) in [4.78, 5) is 0.413. The van der Waals surface area contributed by atoms with Crippen molar-refractivity contribution in [1.82, 2.24) is 0 Å². The number of sulfone groups is 1.